The summed E-state index contributed by atoms with van der Waals surface area (Å²) in [7, 11) is -10.1. The van der Waals surface area contributed by atoms with Crippen LogP contribution < -0.4 is 0 Å². The van der Waals surface area contributed by atoms with Gasteiger partial charge in [-0.2, -0.15) is 0 Å². The topological polar surface area (TPSA) is 177 Å². The smallest absolute Gasteiger partial charge is 0.388 e. The van der Waals surface area contributed by atoms with Gasteiger partial charge in [-0.15, -0.1) is 0 Å². The minimum Gasteiger partial charge on any atom is -0.388 e. The average Bonchev–Trinajstić information content (AvgIpc) is 2.22. The molecule has 0 fully saturated rings. The van der Waals surface area contributed by atoms with Gasteiger partial charge in [0, 0.05) is 0 Å². The van der Waals surface area contributed by atoms with Crippen molar-refractivity contribution in [2.45, 2.75) is 13.2 Å². The minimum absolute atomic E-state index is 0.777. The molecule has 0 amide bonds. The Morgan fingerprint density at radius 1 is 1.16 bits per heavy atom. The predicted molar refractivity (Wildman–Crippen MR) is 56.6 cm³/mol. The Labute approximate surface area is 107 Å². The van der Waals surface area contributed by atoms with Crippen molar-refractivity contribution in [1.29, 1.82) is 0 Å². The maximum Gasteiger partial charge on any atom is 0.475 e. The second-order valence-electron chi connectivity index (χ2n) is 3.08. The molecule has 0 saturated carbocycles. The molecule has 0 spiro atoms. The third kappa shape index (κ3) is 9.11. The Kier molecular flexibility index (Phi) is 7.16. The molecule has 2 unspecified atom stereocenters. The molecule has 19 heavy (non-hydrogen) atoms. The summed E-state index contributed by atoms with van der Waals surface area (Å²) in [5.74, 6) is -2.07. The first-order valence-corrected chi connectivity index (χ1v) is 7.52. The molecule has 2 atom stereocenters. The van der Waals surface area contributed by atoms with Gasteiger partial charge in [0.15, 0.2) is 11.6 Å². The second-order valence-corrected chi connectivity index (χ2v) is 5.68. The van der Waals surface area contributed by atoms with Gasteiger partial charge >= 0.3 is 15.6 Å². The first-order chi connectivity index (χ1) is 8.47. The van der Waals surface area contributed by atoms with E-state index >= 15 is 0 Å². The maximum atomic E-state index is 11.2. The van der Waals surface area contributed by atoms with Crippen LogP contribution in [-0.2, 0) is 32.3 Å². The Bertz CT molecular complexity index is 425. The number of hydrogen-bond donors (Lipinski definition) is 4. The molecule has 0 aromatic heterocycles. The van der Waals surface area contributed by atoms with Gasteiger partial charge < -0.3 is 19.8 Å². The Morgan fingerprint density at radius 3 is 2.05 bits per heavy atom. The molecule has 0 aliphatic heterocycles. The molecule has 0 aliphatic carbocycles. The number of phosphoric acid groups is 2. The van der Waals surface area contributed by atoms with Crippen LogP contribution >= 0.6 is 15.6 Å². The highest BCUT2D eigenvalue weighted by Gasteiger charge is 2.35. The zero-order valence-electron chi connectivity index (χ0n) is 9.53. The van der Waals surface area contributed by atoms with E-state index in [1.165, 1.54) is 0 Å². The highest BCUT2D eigenvalue weighted by Crippen LogP contribution is 2.48. The lowest BCUT2D eigenvalue weighted by Gasteiger charge is -2.18. The van der Waals surface area contributed by atoms with Crippen molar-refractivity contribution in [3.05, 3.63) is 0 Å². The van der Waals surface area contributed by atoms with E-state index in [1.807, 2.05) is 0 Å². The van der Waals surface area contributed by atoms with Gasteiger partial charge in [0.25, 0.3) is 0 Å². The number of Topliss-reactive ketones (excluding diaryl/α,β-unsaturated/α-hetero) is 2. The SMILES string of the molecule is CC(=O)C(OP(=O)(O)O)OP(=O)(O)OCC(=O)CO. The van der Waals surface area contributed by atoms with Crippen LogP contribution in [-0.4, -0.2) is 50.9 Å². The van der Waals surface area contributed by atoms with E-state index in [-0.39, 0.29) is 0 Å². The molecule has 112 valence electrons. The lowest BCUT2D eigenvalue weighted by molar-refractivity contribution is -0.140. The molecular weight excluding hydrogens is 310 g/mol. The number of hydrogen-bond acceptors (Lipinski definition) is 8. The molecule has 11 nitrogen and oxygen atoms in total. The second kappa shape index (κ2) is 7.34. The van der Waals surface area contributed by atoms with E-state index in [2.05, 4.69) is 13.6 Å². The van der Waals surface area contributed by atoms with Crippen molar-refractivity contribution in [1.82, 2.24) is 0 Å². The van der Waals surface area contributed by atoms with Crippen LogP contribution in [0.25, 0.3) is 0 Å². The summed E-state index contributed by atoms with van der Waals surface area (Å²) < 4.78 is 33.7. The third-order valence-electron chi connectivity index (χ3n) is 1.36. The molecule has 0 bridgehead atoms. The summed E-state index contributed by atoms with van der Waals surface area (Å²) in [4.78, 5) is 47.5. The lowest BCUT2D eigenvalue weighted by atomic mass is 10.4. The average molecular weight is 322 g/mol. The van der Waals surface area contributed by atoms with Crippen molar-refractivity contribution in [2.24, 2.45) is 0 Å². The van der Waals surface area contributed by atoms with Gasteiger partial charge in [0.05, 0.1) is 0 Å². The van der Waals surface area contributed by atoms with Crippen LogP contribution in [0.15, 0.2) is 0 Å². The summed E-state index contributed by atoms with van der Waals surface area (Å²) in [5, 5.41) is 8.33. The van der Waals surface area contributed by atoms with E-state index in [0.717, 1.165) is 6.92 Å². The van der Waals surface area contributed by atoms with Crippen LogP contribution in [0.5, 0.6) is 0 Å². The summed E-state index contributed by atoms with van der Waals surface area (Å²) >= 11 is 0. The highest BCUT2D eigenvalue weighted by molar-refractivity contribution is 7.47. The number of aliphatic hydroxyl groups excluding tert-OH is 1. The van der Waals surface area contributed by atoms with Crippen LogP contribution in [0, 0.1) is 0 Å². The molecule has 0 aromatic rings. The zero-order valence-corrected chi connectivity index (χ0v) is 11.3. The van der Waals surface area contributed by atoms with Gasteiger partial charge in [-0.25, -0.2) is 18.2 Å². The fourth-order valence-electron chi connectivity index (χ4n) is 0.643. The van der Waals surface area contributed by atoms with E-state index < -0.39 is 46.7 Å². The number of carbonyl (C=O) groups excluding carboxylic acids is 2. The van der Waals surface area contributed by atoms with Gasteiger partial charge in [0.2, 0.25) is 6.29 Å². The summed E-state index contributed by atoms with van der Waals surface area (Å²) in [6.07, 6.45) is -2.35. The summed E-state index contributed by atoms with van der Waals surface area (Å²) in [6, 6.07) is 0. The van der Waals surface area contributed by atoms with Gasteiger partial charge in [-0.05, 0) is 6.92 Å². The van der Waals surface area contributed by atoms with Crippen LogP contribution in [0.1, 0.15) is 6.92 Å². The van der Waals surface area contributed by atoms with Crippen LogP contribution in [0.2, 0.25) is 0 Å². The van der Waals surface area contributed by atoms with Crippen molar-refractivity contribution >= 4 is 27.2 Å². The first kappa shape index (κ1) is 18.5. The van der Waals surface area contributed by atoms with E-state index in [0.29, 0.717) is 0 Å². The van der Waals surface area contributed by atoms with Gasteiger partial charge in [-0.3, -0.25) is 14.1 Å². The fourth-order valence-corrected chi connectivity index (χ4v) is 1.95. The van der Waals surface area contributed by atoms with E-state index in [4.69, 9.17) is 19.8 Å². The molecule has 13 heteroatoms. The number of aliphatic hydroxyl groups is 1. The number of phosphoric ester groups is 2. The highest BCUT2D eigenvalue weighted by atomic mass is 31.2. The third-order valence-corrected chi connectivity index (χ3v) is 2.74. The molecule has 0 heterocycles. The van der Waals surface area contributed by atoms with Crippen molar-refractivity contribution in [3.8, 4) is 0 Å². The predicted octanol–water partition coefficient (Wildman–Crippen LogP) is -1.29. The number of ketones is 2. The van der Waals surface area contributed by atoms with Crippen molar-refractivity contribution < 1.29 is 52.1 Å². The van der Waals surface area contributed by atoms with Crippen LogP contribution in [0.3, 0.4) is 0 Å². The van der Waals surface area contributed by atoms with E-state index in [1.54, 1.807) is 0 Å². The van der Waals surface area contributed by atoms with Crippen molar-refractivity contribution in [3.63, 3.8) is 0 Å². The monoisotopic (exact) mass is 322 g/mol. The van der Waals surface area contributed by atoms with E-state index in [9.17, 15) is 18.7 Å². The maximum absolute atomic E-state index is 11.2. The Hall–Kier alpha value is -0.480. The molecule has 4 N–H and O–H groups in total. The minimum atomic E-state index is -5.15. The molecule has 0 aliphatic rings. The molecule has 0 aromatic carbocycles. The number of rotatable bonds is 9. The fraction of sp³-hybridized carbons (Fsp3) is 0.667. The zero-order chi connectivity index (χ0) is 15.3. The number of carbonyl (C=O) groups is 2. The molecule has 0 radical (unpaired) electrons. The molecular formula is C6H12O11P2. The standard InChI is InChI=1S/C6H12O11P2/c1-4(8)6(16-18(10,11)12)17-19(13,14)15-3-5(9)2-7/h6-7H,2-3H2,1H3,(H,13,14)(H2,10,11,12). The molecule has 0 saturated heterocycles. The Balaban J connectivity index is 4.65. The largest absolute Gasteiger partial charge is 0.475 e. The Morgan fingerprint density at radius 2 is 1.68 bits per heavy atom. The summed E-state index contributed by atoms with van der Waals surface area (Å²) in [5.41, 5.74) is 0. The summed E-state index contributed by atoms with van der Waals surface area (Å²) in [6.45, 7) is -1.17. The normalized spacial score (nSPS) is 16.7. The van der Waals surface area contributed by atoms with Crippen molar-refractivity contribution in [2.75, 3.05) is 13.2 Å². The first-order valence-electron chi connectivity index (χ1n) is 4.49. The lowest BCUT2D eigenvalue weighted by Crippen LogP contribution is -2.24. The molecule has 0 rings (SSSR count). The quantitative estimate of drug-likeness (QED) is 0.293. The van der Waals surface area contributed by atoms with Gasteiger partial charge in [0.1, 0.15) is 13.2 Å². The van der Waals surface area contributed by atoms with Gasteiger partial charge in [-0.1, -0.05) is 0 Å². The van der Waals surface area contributed by atoms with Crippen LogP contribution in [0.4, 0.5) is 0 Å².